The van der Waals surface area contributed by atoms with Crippen molar-refractivity contribution in [1.82, 2.24) is 0 Å². The van der Waals surface area contributed by atoms with Gasteiger partial charge in [-0.05, 0) is 25.0 Å². The third-order valence-electron chi connectivity index (χ3n) is 4.28. The Balaban J connectivity index is 2.25. The first-order valence-corrected chi connectivity index (χ1v) is 9.53. The summed E-state index contributed by atoms with van der Waals surface area (Å²) in [4.78, 5) is 5.75. The lowest BCUT2D eigenvalue weighted by molar-refractivity contribution is -0.0167. The summed E-state index contributed by atoms with van der Waals surface area (Å²) < 4.78 is 0. The highest BCUT2D eigenvalue weighted by Crippen LogP contribution is 2.17. The van der Waals surface area contributed by atoms with Crippen LogP contribution in [0.4, 0.5) is 5.69 Å². The zero-order valence-electron chi connectivity index (χ0n) is 15.3. The molecule has 3 heteroatoms. The summed E-state index contributed by atoms with van der Waals surface area (Å²) in [6, 6.07) is 9.79. The van der Waals surface area contributed by atoms with Gasteiger partial charge in [0.05, 0.1) is 11.8 Å². The minimum atomic E-state index is -0.511. The molecule has 0 amide bonds. The molecule has 0 aliphatic heterocycles. The van der Waals surface area contributed by atoms with E-state index >= 15 is 0 Å². The molecule has 3 nitrogen and oxygen atoms in total. The Morgan fingerprint density at radius 3 is 2.29 bits per heavy atom. The molecular weight excluding hydrogens is 298 g/mol. The molecule has 1 aromatic carbocycles. The van der Waals surface area contributed by atoms with Crippen LogP contribution in [0.1, 0.15) is 71.1 Å². The van der Waals surface area contributed by atoms with Crippen LogP contribution in [0, 0.1) is 0 Å². The number of aliphatic hydroxyl groups excluding tert-OH is 1. The number of para-hydroxylation sites is 1. The van der Waals surface area contributed by atoms with E-state index in [0.29, 0.717) is 6.42 Å². The second-order valence-electron chi connectivity index (χ2n) is 6.48. The summed E-state index contributed by atoms with van der Waals surface area (Å²) in [6.07, 6.45) is 12.7. The van der Waals surface area contributed by atoms with Gasteiger partial charge in [-0.3, -0.25) is 10.3 Å². The van der Waals surface area contributed by atoms with Gasteiger partial charge in [0, 0.05) is 0 Å². The van der Waals surface area contributed by atoms with Crippen molar-refractivity contribution >= 4 is 5.69 Å². The number of aliphatic hydroxyl groups is 1. The van der Waals surface area contributed by atoms with Crippen LogP contribution in [0.3, 0.4) is 0 Å². The fourth-order valence-electron chi connectivity index (χ4n) is 2.78. The largest absolute Gasteiger partial charge is 0.390 e. The molecule has 2 N–H and O–H groups in total. The molecule has 1 rings (SSSR count). The van der Waals surface area contributed by atoms with Gasteiger partial charge in [-0.15, -0.1) is 6.58 Å². The van der Waals surface area contributed by atoms with Crippen molar-refractivity contribution in [3.8, 4) is 0 Å². The van der Waals surface area contributed by atoms with E-state index in [9.17, 15) is 5.11 Å². The summed E-state index contributed by atoms with van der Waals surface area (Å²) >= 11 is 0. The monoisotopic (exact) mass is 333 g/mol. The topological polar surface area (TPSA) is 41.5 Å². The van der Waals surface area contributed by atoms with Gasteiger partial charge < -0.3 is 5.11 Å². The third-order valence-corrected chi connectivity index (χ3v) is 4.28. The number of rotatable bonds is 15. The number of nitrogens with one attached hydrogen (secondary N) is 1. The maximum absolute atomic E-state index is 10.3. The van der Waals surface area contributed by atoms with Crippen molar-refractivity contribution < 1.29 is 9.94 Å². The highest BCUT2D eigenvalue weighted by atomic mass is 16.7. The van der Waals surface area contributed by atoms with E-state index in [1.807, 2.05) is 30.3 Å². The van der Waals surface area contributed by atoms with Crippen LogP contribution >= 0.6 is 0 Å². The molecule has 0 spiro atoms. The van der Waals surface area contributed by atoms with E-state index < -0.39 is 6.10 Å². The van der Waals surface area contributed by atoms with Gasteiger partial charge in [0.15, 0.2) is 0 Å². The molecule has 24 heavy (non-hydrogen) atoms. The van der Waals surface area contributed by atoms with Crippen molar-refractivity contribution in [2.75, 3.05) is 5.48 Å². The molecule has 0 fully saturated rings. The standard InChI is InChI=1S/C21H35NO2/c1-3-5-6-7-8-9-10-14-18-21(20(23)15-4-2)24-22-19-16-12-11-13-17-19/h4,11-13,16-17,20-23H,2-3,5-10,14-15,18H2,1H3/t20-,21+/m1/s1. The Bertz CT molecular complexity index is 408. The Morgan fingerprint density at radius 1 is 1.04 bits per heavy atom. The Labute approximate surface area is 148 Å². The van der Waals surface area contributed by atoms with E-state index in [1.165, 1.54) is 44.9 Å². The van der Waals surface area contributed by atoms with Crippen LogP contribution in [0.2, 0.25) is 0 Å². The smallest absolute Gasteiger partial charge is 0.111 e. The summed E-state index contributed by atoms with van der Waals surface area (Å²) in [5.41, 5.74) is 3.87. The van der Waals surface area contributed by atoms with E-state index in [-0.39, 0.29) is 6.10 Å². The normalized spacial score (nSPS) is 13.4. The second kappa shape index (κ2) is 14.1. The second-order valence-corrected chi connectivity index (χ2v) is 6.48. The SMILES string of the molecule is C=CC[C@@H](O)[C@H](CCCCCCCCCC)ONc1ccccc1. The first-order chi connectivity index (χ1) is 11.8. The van der Waals surface area contributed by atoms with Crippen LogP contribution in [0.5, 0.6) is 0 Å². The van der Waals surface area contributed by atoms with Crippen LogP contribution < -0.4 is 5.48 Å². The molecule has 0 saturated carbocycles. The quantitative estimate of drug-likeness (QED) is 0.240. The summed E-state index contributed by atoms with van der Waals surface area (Å²) in [6.45, 7) is 5.96. The molecule has 0 unspecified atom stereocenters. The number of benzene rings is 1. The maximum atomic E-state index is 10.3. The Kier molecular flexibility index (Phi) is 12.1. The average molecular weight is 334 g/mol. The third kappa shape index (κ3) is 9.74. The lowest BCUT2D eigenvalue weighted by Gasteiger charge is -2.22. The number of hydrogen-bond donors (Lipinski definition) is 2. The van der Waals surface area contributed by atoms with Gasteiger partial charge >= 0.3 is 0 Å². The predicted molar refractivity (Wildman–Crippen MR) is 103 cm³/mol. The van der Waals surface area contributed by atoms with Crippen LogP contribution in [-0.2, 0) is 4.84 Å². The zero-order chi connectivity index (χ0) is 17.5. The lowest BCUT2D eigenvalue weighted by atomic mass is 10.0. The van der Waals surface area contributed by atoms with Crippen molar-refractivity contribution in [3.05, 3.63) is 43.0 Å². The molecule has 0 bridgehead atoms. The number of hydrogen-bond acceptors (Lipinski definition) is 3. The van der Waals surface area contributed by atoms with Gasteiger partial charge in [0.25, 0.3) is 0 Å². The molecule has 0 aliphatic carbocycles. The van der Waals surface area contributed by atoms with Crippen molar-refractivity contribution in [1.29, 1.82) is 0 Å². The molecule has 136 valence electrons. The average Bonchev–Trinajstić information content (AvgIpc) is 2.61. The molecule has 0 saturated heterocycles. The van der Waals surface area contributed by atoms with E-state index in [0.717, 1.165) is 18.5 Å². The molecule has 0 aliphatic rings. The first kappa shape index (κ1) is 20.7. The fraction of sp³-hybridized carbons (Fsp3) is 0.619. The van der Waals surface area contributed by atoms with Crippen molar-refractivity contribution in [3.63, 3.8) is 0 Å². The number of unbranched alkanes of at least 4 members (excludes halogenated alkanes) is 7. The minimum absolute atomic E-state index is 0.205. The highest BCUT2D eigenvalue weighted by molar-refractivity contribution is 5.40. The van der Waals surface area contributed by atoms with E-state index in [2.05, 4.69) is 19.0 Å². The first-order valence-electron chi connectivity index (χ1n) is 9.53. The number of anilines is 1. The zero-order valence-corrected chi connectivity index (χ0v) is 15.3. The van der Waals surface area contributed by atoms with Gasteiger partial charge in [-0.2, -0.15) is 0 Å². The molecule has 0 aromatic heterocycles. The minimum Gasteiger partial charge on any atom is -0.390 e. The maximum Gasteiger partial charge on any atom is 0.111 e. The molecular formula is C21H35NO2. The van der Waals surface area contributed by atoms with E-state index in [1.54, 1.807) is 6.08 Å². The lowest BCUT2D eigenvalue weighted by Crippen LogP contribution is -2.30. The molecule has 0 radical (unpaired) electrons. The van der Waals surface area contributed by atoms with Crippen molar-refractivity contribution in [2.24, 2.45) is 0 Å². The van der Waals surface area contributed by atoms with Crippen LogP contribution in [0.15, 0.2) is 43.0 Å². The highest BCUT2D eigenvalue weighted by Gasteiger charge is 2.19. The fourth-order valence-corrected chi connectivity index (χ4v) is 2.78. The van der Waals surface area contributed by atoms with Gasteiger partial charge in [-0.25, -0.2) is 0 Å². The molecule has 1 aromatic rings. The Hall–Kier alpha value is -1.32. The summed E-state index contributed by atoms with van der Waals surface area (Å²) in [5, 5.41) is 10.3. The summed E-state index contributed by atoms with van der Waals surface area (Å²) in [7, 11) is 0. The van der Waals surface area contributed by atoms with Gasteiger partial charge in [0.1, 0.15) is 6.10 Å². The van der Waals surface area contributed by atoms with Crippen LogP contribution in [-0.4, -0.2) is 17.3 Å². The Morgan fingerprint density at radius 2 is 1.67 bits per heavy atom. The van der Waals surface area contributed by atoms with Crippen LogP contribution in [0.25, 0.3) is 0 Å². The molecule has 2 atom stereocenters. The van der Waals surface area contributed by atoms with Gasteiger partial charge in [-0.1, -0.05) is 82.6 Å². The summed E-state index contributed by atoms with van der Waals surface area (Å²) in [5.74, 6) is 0. The van der Waals surface area contributed by atoms with Gasteiger partial charge in [0.2, 0.25) is 0 Å². The molecule has 0 heterocycles. The van der Waals surface area contributed by atoms with Crippen molar-refractivity contribution in [2.45, 2.75) is 83.3 Å². The predicted octanol–water partition coefficient (Wildman–Crippen LogP) is 5.87. The van der Waals surface area contributed by atoms with E-state index in [4.69, 9.17) is 4.84 Å².